The minimum Gasteiger partial charge on any atom is -0.366 e. The Balaban J connectivity index is 2.51. The molecule has 2 rings (SSSR count). The van der Waals surface area contributed by atoms with Crippen LogP contribution in [0.15, 0.2) is 31.0 Å². The summed E-state index contributed by atoms with van der Waals surface area (Å²) in [6.07, 6.45) is 7.66. The highest BCUT2D eigenvalue weighted by atomic mass is 15.1. The second-order valence-electron chi connectivity index (χ2n) is 4.47. The van der Waals surface area contributed by atoms with Crippen molar-refractivity contribution in [2.45, 2.75) is 26.2 Å². The van der Waals surface area contributed by atoms with Gasteiger partial charge < -0.3 is 9.55 Å². The van der Waals surface area contributed by atoms with Crippen LogP contribution in [0.2, 0.25) is 0 Å². The van der Waals surface area contributed by atoms with Crippen molar-refractivity contribution in [3.63, 3.8) is 0 Å². The normalized spacial score (nSPS) is 11.9. The van der Waals surface area contributed by atoms with E-state index in [4.69, 9.17) is 0 Å². The van der Waals surface area contributed by atoms with Gasteiger partial charge in [0.05, 0.1) is 12.0 Å². The smallest absolute Gasteiger partial charge is 0.0994 e. The van der Waals surface area contributed by atoms with Crippen molar-refractivity contribution in [2.75, 3.05) is 0 Å². The van der Waals surface area contributed by atoms with E-state index in [0.717, 1.165) is 5.69 Å². The van der Waals surface area contributed by atoms with Crippen LogP contribution in [0.5, 0.6) is 0 Å². The number of aromatic nitrogens is 3. The minimum atomic E-state index is 0.119. The van der Waals surface area contributed by atoms with Crippen LogP contribution < -0.4 is 0 Å². The molecule has 74 valence electrons. The van der Waals surface area contributed by atoms with Crippen LogP contribution in [0, 0.1) is 0 Å². The van der Waals surface area contributed by atoms with Crippen molar-refractivity contribution >= 4 is 0 Å². The van der Waals surface area contributed by atoms with Gasteiger partial charge in [-0.1, -0.05) is 20.8 Å². The average Bonchev–Trinajstić information content (AvgIpc) is 2.73. The summed E-state index contributed by atoms with van der Waals surface area (Å²) in [5, 5.41) is 0. The molecule has 0 radical (unpaired) electrons. The number of imidazole rings is 1. The van der Waals surface area contributed by atoms with Crippen LogP contribution in [0.3, 0.4) is 0 Å². The SMILES string of the molecule is CC(C)(C)c1cncn1-c1cc[nH]c1. The molecular weight excluding hydrogens is 174 g/mol. The van der Waals surface area contributed by atoms with Gasteiger partial charge in [0.25, 0.3) is 0 Å². The standard InChI is InChI=1S/C11H15N3/c1-11(2,3)10-7-13-8-14(10)9-4-5-12-6-9/h4-8,12H,1-3H3. The summed E-state index contributed by atoms with van der Waals surface area (Å²) >= 11 is 0. The van der Waals surface area contributed by atoms with E-state index in [-0.39, 0.29) is 5.41 Å². The molecule has 0 saturated heterocycles. The molecule has 2 heterocycles. The van der Waals surface area contributed by atoms with Gasteiger partial charge in [0.2, 0.25) is 0 Å². The number of aromatic amines is 1. The van der Waals surface area contributed by atoms with E-state index in [9.17, 15) is 0 Å². The van der Waals surface area contributed by atoms with E-state index < -0.39 is 0 Å². The van der Waals surface area contributed by atoms with Gasteiger partial charge in [-0.3, -0.25) is 0 Å². The summed E-state index contributed by atoms with van der Waals surface area (Å²) < 4.78 is 2.11. The third kappa shape index (κ3) is 1.45. The molecule has 0 saturated carbocycles. The number of hydrogen-bond donors (Lipinski definition) is 1. The van der Waals surface area contributed by atoms with Crippen molar-refractivity contribution in [3.05, 3.63) is 36.7 Å². The Morgan fingerprint density at radius 1 is 1.36 bits per heavy atom. The first-order chi connectivity index (χ1) is 6.59. The second-order valence-corrected chi connectivity index (χ2v) is 4.47. The molecule has 0 spiro atoms. The van der Waals surface area contributed by atoms with Crippen LogP contribution >= 0.6 is 0 Å². The van der Waals surface area contributed by atoms with Gasteiger partial charge in [0.15, 0.2) is 0 Å². The average molecular weight is 189 g/mol. The van der Waals surface area contributed by atoms with Crippen molar-refractivity contribution < 1.29 is 0 Å². The number of H-pyrrole nitrogens is 1. The third-order valence-corrected chi connectivity index (χ3v) is 2.27. The van der Waals surface area contributed by atoms with Crippen LogP contribution in [-0.2, 0) is 5.41 Å². The lowest BCUT2D eigenvalue weighted by atomic mass is 9.92. The Bertz CT molecular complexity index is 404. The van der Waals surface area contributed by atoms with Gasteiger partial charge in [0.1, 0.15) is 0 Å². The highest BCUT2D eigenvalue weighted by Crippen LogP contribution is 2.24. The van der Waals surface area contributed by atoms with Crippen LogP contribution in [0.4, 0.5) is 0 Å². The maximum atomic E-state index is 4.19. The summed E-state index contributed by atoms with van der Waals surface area (Å²) in [7, 11) is 0. The molecule has 0 aliphatic carbocycles. The first-order valence-corrected chi connectivity index (χ1v) is 4.75. The van der Waals surface area contributed by atoms with E-state index in [0.29, 0.717) is 0 Å². The molecule has 0 amide bonds. The summed E-state index contributed by atoms with van der Waals surface area (Å²) in [6.45, 7) is 6.56. The molecule has 14 heavy (non-hydrogen) atoms. The molecular formula is C11H15N3. The predicted octanol–water partition coefficient (Wildman–Crippen LogP) is 2.50. The Kier molecular flexibility index (Phi) is 1.95. The van der Waals surface area contributed by atoms with Crippen LogP contribution in [0.1, 0.15) is 26.5 Å². The zero-order valence-corrected chi connectivity index (χ0v) is 8.78. The van der Waals surface area contributed by atoms with Gasteiger partial charge in [-0.2, -0.15) is 0 Å². The fraction of sp³-hybridized carbons (Fsp3) is 0.364. The number of rotatable bonds is 1. The van der Waals surface area contributed by atoms with Gasteiger partial charge in [-0.05, 0) is 6.07 Å². The fourth-order valence-electron chi connectivity index (χ4n) is 1.52. The summed E-state index contributed by atoms with van der Waals surface area (Å²) in [6, 6.07) is 2.04. The van der Waals surface area contributed by atoms with Gasteiger partial charge >= 0.3 is 0 Å². The monoisotopic (exact) mass is 189 g/mol. The Labute approximate surface area is 83.8 Å². The lowest BCUT2D eigenvalue weighted by Crippen LogP contribution is -2.15. The highest BCUT2D eigenvalue weighted by molar-refractivity contribution is 5.32. The molecule has 0 atom stereocenters. The van der Waals surface area contributed by atoms with Crippen molar-refractivity contribution in [2.24, 2.45) is 0 Å². The Morgan fingerprint density at radius 3 is 2.71 bits per heavy atom. The zero-order chi connectivity index (χ0) is 10.2. The molecule has 2 aromatic heterocycles. The topological polar surface area (TPSA) is 33.6 Å². The minimum absolute atomic E-state index is 0.119. The summed E-state index contributed by atoms with van der Waals surface area (Å²) in [4.78, 5) is 7.24. The Hall–Kier alpha value is -1.51. The number of nitrogens with zero attached hydrogens (tertiary/aromatic N) is 2. The van der Waals surface area contributed by atoms with Crippen LogP contribution in [0.25, 0.3) is 5.69 Å². The molecule has 2 aromatic rings. The maximum absolute atomic E-state index is 4.19. The first-order valence-electron chi connectivity index (χ1n) is 4.75. The lowest BCUT2D eigenvalue weighted by Gasteiger charge is -2.19. The largest absolute Gasteiger partial charge is 0.366 e. The molecule has 3 nitrogen and oxygen atoms in total. The number of nitrogens with one attached hydrogen (secondary N) is 1. The third-order valence-electron chi connectivity index (χ3n) is 2.27. The van der Waals surface area contributed by atoms with Gasteiger partial charge in [-0.15, -0.1) is 0 Å². The van der Waals surface area contributed by atoms with E-state index in [1.165, 1.54) is 5.69 Å². The van der Waals surface area contributed by atoms with Crippen molar-refractivity contribution in [1.29, 1.82) is 0 Å². The maximum Gasteiger partial charge on any atom is 0.0994 e. The lowest BCUT2D eigenvalue weighted by molar-refractivity contribution is 0.557. The zero-order valence-electron chi connectivity index (χ0n) is 8.78. The van der Waals surface area contributed by atoms with E-state index in [1.807, 2.05) is 31.0 Å². The highest BCUT2D eigenvalue weighted by Gasteiger charge is 2.19. The van der Waals surface area contributed by atoms with E-state index in [2.05, 4.69) is 35.3 Å². The van der Waals surface area contributed by atoms with Crippen molar-refractivity contribution in [1.82, 2.24) is 14.5 Å². The molecule has 1 N–H and O–H groups in total. The first kappa shape index (κ1) is 9.06. The molecule has 0 unspecified atom stereocenters. The molecule has 3 heteroatoms. The molecule has 0 fully saturated rings. The molecule has 0 aliphatic rings. The van der Waals surface area contributed by atoms with Gasteiger partial charge in [0, 0.05) is 29.7 Å². The van der Waals surface area contributed by atoms with E-state index in [1.54, 1.807) is 0 Å². The summed E-state index contributed by atoms with van der Waals surface area (Å²) in [5.74, 6) is 0. The molecule has 0 aromatic carbocycles. The predicted molar refractivity (Wildman–Crippen MR) is 56.6 cm³/mol. The quantitative estimate of drug-likeness (QED) is 0.734. The molecule has 0 aliphatic heterocycles. The summed E-state index contributed by atoms with van der Waals surface area (Å²) in [5.41, 5.74) is 2.47. The van der Waals surface area contributed by atoms with Crippen LogP contribution in [-0.4, -0.2) is 14.5 Å². The van der Waals surface area contributed by atoms with Gasteiger partial charge in [-0.25, -0.2) is 4.98 Å². The fourth-order valence-corrected chi connectivity index (χ4v) is 1.52. The van der Waals surface area contributed by atoms with Crippen molar-refractivity contribution in [3.8, 4) is 5.69 Å². The Morgan fingerprint density at radius 2 is 2.14 bits per heavy atom. The second kappa shape index (κ2) is 3.01. The van der Waals surface area contributed by atoms with E-state index >= 15 is 0 Å². The molecule has 0 bridgehead atoms. The number of hydrogen-bond acceptors (Lipinski definition) is 1.